The number of hydrogen-bond acceptors (Lipinski definition) is 4. The molecule has 8 heteroatoms. The molecule has 25 heavy (non-hydrogen) atoms. The summed E-state index contributed by atoms with van der Waals surface area (Å²) in [6.07, 6.45) is 2.58. The molecule has 3 N–H and O–H groups in total. The third-order valence-electron chi connectivity index (χ3n) is 3.90. The first-order chi connectivity index (χ1) is 11.5. The van der Waals surface area contributed by atoms with Crippen LogP contribution < -0.4 is 15.5 Å². The molecule has 0 saturated carbocycles. The van der Waals surface area contributed by atoms with E-state index in [4.69, 9.17) is 5.11 Å². The average molecular weight is 370 g/mol. The third-order valence-corrected chi connectivity index (χ3v) is 3.90. The van der Waals surface area contributed by atoms with Gasteiger partial charge >= 0.3 is 5.97 Å². The van der Waals surface area contributed by atoms with Crippen LogP contribution >= 0.6 is 12.4 Å². The summed E-state index contributed by atoms with van der Waals surface area (Å²) in [4.78, 5) is 36.5. The van der Waals surface area contributed by atoms with E-state index in [0.29, 0.717) is 25.1 Å². The second kappa shape index (κ2) is 10.0. The van der Waals surface area contributed by atoms with Crippen molar-refractivity contribution in [1.82, 2.24) is 5.32 Å². The van der Waals surface area contributed by atoms with Crippen molar-refractivity contribution in [3.8, 4) is 0 Å². The van der Waals surface area contributed by atoms with Gasteiger partial charge in [-0.15, -0.1) is 12.4 Å². The Kier molecular flexibility index (Phi) is 8.37. The maximum atomic E-state index is 12.0. The second-order valence-electron chi connectivity index (χ2n) is 5.81. The highest BCUT2D eigenvalue weighted by molar-refractivity contribution is 5.97. The van der Waals surface area contributed by atoms with Gasteiger partial charge in [-0.05, 0) is 31.0 Å². The predicted octanol–water partition coefficient (Wildman–Crippen LogP) is 2.02. The van der Waals surface area contributed by atoms with Crippen molar-refractivity contribution >= 4 is 41.6 Å². The highest BCUT2D eigenvalue weighted by Gasteiger charge is 2.22. The molecule has 0 spiro atoms. The highest BCUT2D eigenvalue weighted by atomic mass is 35.5. The number of hydrogen-bond donors (Lipinski definition) is 3. The number of rotatable bonds is 8. The summed E-state index contributed by atoms with van der Waals surface area (Å²) in [5, 5.41) is 14.5. The van der Waals surface area contributed by atoms with Gasteiger partial charge in [-0.1, -0.05) is 19.4 Å². The smallest absolute Gasteiger partial charge is 0.320 e. The summed E-state index contributed by atoms with van der Waals surface area (Å²) < 4.78 is 0. The van der Waals surface area contributed by atoms with Crippen LogP contribution in [0, 0.1) is 0 Å². The van der Waals surface area contributed by atoms with Gasteiger partial charge in [0.25, 0.3) is 0 Å². The zero-order chi connectivity index (χ0) is 17.5. The van der Waals surface area contributed by atoms with E-state index in [0.717, 1.165) is 18.5 Å². The first-order valence-electron chi connectivity index (χ1n) is 8.17. The fraction of sp³-hybridized carbons (Fsp3) is 0.471. The van der Waals surface area contributed by atoms with Gasteiger partial charge in [-0.2, -0.15) is 0 Å². The Balaban J connectivity index is 0.00000312. The lowest BCUT2D eigenvalue weighted by Crippen LogP contribution is -2.41. The molecule has 138 valence electrons. The van der Waals surface area contributed by atoms with Gasteiger partial charge in [-0.25, -0.2) is 0 Å². The van der Waals surface area contributed by atoms with Gasteiger partial charge in [0.1, 0.15) is 6.04 Å². The Morgan fingerprint density at radius 3 is 2.72 bits per heavy atom. The molecule has 1 atom stereocenters. The fourth-order valence-electron chi connectivity index (χ4n) is 2.70. The van der Waals surface area contributed by atoms with E-state index >= 15 is 0 Å². The number of aliphatic carboxylic acids is 1. The number of carbonyl (C=O) groups excluding carboxylic acids is 2. The van der Waals surface area contributed by atoms with E-state index in [1.54, 1.807) is 23.1 Å². The quantitative estimate of drug-likeness (QED) is 0.651. The average Bonchev–Trinajstić information content (AvgIpc) is 2.97. The molecule has 2 rings (SSSR count). The molecular formula is C17H24ClN3O4. The minimum absolute atomic E-state index is 0. The maximum Gasteiger partial charge on any atom is 0.320 e. The maximum absolute atomic E-state index is 12.0. The summed E-state index contributed by atoms with van der Waals surface area (Å²) in [6.45, 7) is 2.50. The number of carbonyl (C=O) groups is 3. The number of anilines is 2. The van der Waals surface area contributed by atoms with E-state index < -0.39 is 12.0 Å². The molecule has 2 amide bonds. The first kappa shape index (κ1) is 20.9. The number of carboxylic acids is 1. The molecule has 1 aliphatic heterocycles. The van der Waals surface area contributed by atoms with Crippen molar-refractivity contribution in [2.75, 3.05) is 23.3 Å². The number of benzene rings is 1. The minimum Gasteiger partial charge on any atom is -0.480 e. The van der Waals surface area contributed by atoms with Gasteiger partial charge in [0.15, 0.2) is 0 Å². The van der Waals surface area contributed by atoms with E-state index in [9.17, 15) is 14.4 Å². The van der Waals surface area contributed by atoms with Crippen molar-refractivity contribution in [3.05, 3.63) is 24.3 Å². The van der Waals surface area contributed by atoms with Gasteiger partial charge < -0.3 is 15.3 Å². The van der Waals surface area contributed by atoms with Crippen LogP contribution in [-0.4, -0.2) is 42.0 Å². The molecule has 1 heterocycles. The summed E-state index contributed by atoms with van der Waals surface area (Å²) in [6, 6.07) is 6.37. The Hall–Kier alpha value is -2.12. The molecule has 1 aromatic rings. The summed E-state index contributed by atoms with van der Waals surface area (Å²) in [7, 11) is 0. The summed E-state index contributed by atoms with van der Waals surface area (Å²) >= 11 is 0. The van der Waals surface area contributed by atoms with Crippen molar-refractivity contribution in [1.29, 1.82) is 0 Å². The number of carboxylic acid groups (broad SMARTS) is 1. The number of halogens is 1. The molecule has 1 aliphatic rings. The van der Waals surface area contributed by atoms with Gasteiger partial charge in [-0.3, -0.25) is 19.7 Å². The molecule has 1 fully saturated rings. The number of nitrogens with one attached hydrogen (secondary N) is 2. The Morgan fingerprint density at radius 2 is 2.12 bits per heavy atom. The van der Waals surface area contributed by atoms with Crippen molar-refractivity contribution in [2.24, 2.45) is 0 Å². The lowest BCUT2D eigenvalue weighted by Gasteiger charge is -2.17. The monoisotopic (exact) mass is 369 g/mol. The van der Waals surface area contributed by atoms with Crippen LogP contribution in [0.5, 0.6) is 0 Å². The van der Waals surface area contributed by atoms with Crippen molar-refractivity contribution < 1.29 is 19.5 Å². The highest BCUT2D eigenvalue weighted by Crippen LogP contribution is 2.24. The molecule has 0 radical (unpaired) electrons. The SMILES string of the molecule is CCCC(NCC(=O)Nc1cccc(N2CCCC2=O)c1)C(=O)O.Cl. The molecule has 0 bridgehead atoms. The van der Waals surface area contributed by atoms with E-state index in [1.165, 1.54) is 0 Å². The topological polar surface area (TPSA) is 98.7 Å². The van der Waals surface area contributed by atoms with Gasteiger partial charge in [0.05, 0.1) is 6.54 Å². The lowest BCUT2D eigenvalue weighted by atomic mass is 10.1. The summed E-state index contributed by atoms with van der Waals surface area (Å²) in [5.74, 6) is -1.19. The lowest BCUT2D eigenvalue weighted by molar-refractivity contribution is -0.139. The van der Waals surface area contributed by atoms with Crippen LogP contribution in [-0.2, 0) is 14.4 Å². The largest absolute Gasteiger partial charge is 0.480 e. The van der Waals surface area contributed by atoms with Gasteiger partial charge in [0.2, 0.25) is 11.8 Å². The Bertz CT molecular complexity index is 624. The van der Waals surface area contributed by atoms with Crippen LogP contribution in [0.2, 0.25) is 0 Å². The van der Waals surface area contributed by atoms with Gasteiger partial charge in [0, 0.05) is 24.3 Å². The Morgan fingerprint density at radius 1 is 1.36 bits per heavy atom. The molecular weight excluding hydrogens is 346 g/mol. The third kappa shape index (κ3) is 6.03. The van der Waals surface area contributed by atoms with Crippen LogP contribution in [0.3, 0.4) is 0 Å². The molecule has 7 nitrogen and oxygen atoms in total. The zero-order valence-corrected chi connectivity index (χ0v) is 15.0. The molecule has 1 unspecified atom stereocenters. The van der Waals surface area contributed by atoms with Crippen LogP contribution in [0.1, 0.15) is 32.6 Å². The molecule has 0 aromatic heterocycles. The fourth-order valence-corrected chi connectivity index (χ4v) is 2.70. The van der Waals surface area contributed by atoms with E-state index in [2.05, 4.69) is 10.6 Å². The zero-order valence-electron chi connectivity index (χ0n) is 14.2. The second-order valence-corrected chi connectivity index (χ2v) is 5.81. The van der Waals surface area contributed by atoms with Crippen LogP contribution in [0.25, 0.3) is 0 Å². The van der Waals surface area contributed by atoms with Crippen molar-refractivity contribution in [3.63, 3.8) is 0 Å². The Labute approximate surface area is 153 Å². The number of nitrogens with zero attached hydrogens (tertiary/aromatic N) is 1. The minimum atomic E-state index is -0.959. The van der Waals surface area contributed by atoms with Crippen LogP contribution in [0.15, 0.2) is 24.3 Å². The normalized spacial score (nSPS) is 14.8. The summed E-state index contributed by atoms with van der Waals surface area (Å²) in [5.41, 5.74) is 1.35. The first-order valence-corrected chi connectivity index (χ1v) is 8.17. The van der Waals surface area contributed by atoms with Crippen LogP contribution in [0.4, 0.5) is 11.4 Å². The molecule has 1 saturated heterocycles. The standard InChI is InChI=1S/C17H23N3O4.ClH/c1-2-5-14(17(23)24)18-11-15(21)19-12-6-3-7-13(10-12)20-9-4-8-16(20)22;/h3,6-7,10,14,18H,2,4-5,8-9,11H2,1H3,(H,19,21)(H,23,24);1H. The molecule has 1 aromatic carbocycles. The predicted molar refractivity (Wildman–Crippen MR) is 98.2 cm³/mol. The number of amides is 2. The molecule has 0 aliphatic carbocycles. The van der Waals surface area contributed by atoms with E-state index in [1.807, 2.05) is 13.0 Å². The van der Waals surface area contributed by atoms with Crippen molar-refractivity contribution in [2.45, 2.75) is 38.6 Å². The van der Waals surface area contributed by atoms with E-state index in [-0.39, 0.29) is 30.8 Å².